The van der Waals surface area contributed by atoms with E-state index in [0.717, 1.165) is 38.4 Å². The van der Waals surface area contributed by atoms with Crippen molar-refractivity contribution in [2.75, 3.05) is 94.6 Å². The van der Waals surface area contributed by atoms with Crippen LogP contribution in [0.4, 0.5) is 30.9 Å². The largest absolute Gasteiger partial charge is 0.472 e. The summed E-state index contributed by atoms with van der Waals surface area (Å²) < 4.78 is 73.6. The Balaban J connectivity index is 0.000000182. The second-order valence-electron chi connectivity index (χ2n) is 11.3. The summed E-state index contributed by atoms with van der Waals surface area (Å²) in [6, 6.07) is 3.84. The maximum atomic E-state index is 13.6. The number of nitrogens with zero attached hydrogens (tertiary/aromatic N) is 7. The highest BCUT2D eigenvalue weighted by Gasteiger charge is 2.35. The number of rotatable bonds is 7. The van der Waals surface area contributed by atoms with Gasteiger partial charge in [-0.3, -0.25) is 0 Å². The summed E-state index contributed by atoms with van der Waals surface area (Å²) in [5, 5.41) is 0.394. The Bertz CT molecular complexity index is 1520. The minimum Gasteiger partial charge on any atom is -0.472 e. The number of hydrogen-bond donors (Lipinski definition) is 1. The number of pyridine rings is 1. The van der Waals surface area contributed by atoms with Gasteiger partial charge in [-0.1, -0.05) is 11.6 Å². The molecule has 0 saturated carbocycles. The molecular weight excluding hydrogens is 661 g/mol. The number of anilines is 3. The number of nitrogens with two attached hydrogens (primary N) is 1. The molecule has 0 spiro atoms. The van der Waals surface area contributed by atoms with E-state index >= 15 is 0 Å². The highest BCUT2D eigenvalue weighted by molar-refractivity contribution is 6.29. The zero-order valence-electron chi connectivity index (χ0n) is 26.0. The maximum absolute atomic E-state index is 13.6. The van der Waals surface area contributed by atoms with Crippen molar-refractivity contribution in [3.8, 4) is 23.0 Å². The molecular formula is C30H36ClF3N8O6. The first-order chi connectivity index (χ1) is 23.2. The number of aromatic nitrogens is 5. The predicted molar refractivity (Wildman–Crippen MR) is 167 cm³/mol. The minimum atomic E-state index is -4.61. The van der Waals surface area contributed by atoms with Crippen molar-refractivity contribution in [1.82, 2.24) is 24.9 Å². The molecule has 0 aromatic carbocycles. The molecule has 4 aliphatic heterocycles. The fourth-order valence-corrected chi connectivity index (χ4v) is 5.50. The van der Waals surface area contributed by atoms with Crippen molar-refractivity contribution in [2.24, 2.45) is 0 Å². The predicted octanol–water partition coefficient (Wildman–Crippen LogP) is 3.28. The second kappa shape index (κ2) is 15.6. The monoisotopic (exact) mass is 696 g/mol. The van der Waals surface area contributed by atoms with Gasteiger partial charge >= 0.3 is 6.18 Å². The summed E-state index contributed by atoms with van der Waals surface area (Å²) in [4.78, 5) is 25.2. The summed E-state index contributed by atoms with van der Waals surface area (Å²) in [7, 11) is 0. The summed E-state index contributed by atoms with van der Waals surface area (Å²) in [6.45, 7) is 7.25. The van der Waals surface area contributed by atoms with Crippen molar-refractivity contribution in [1.29, 1.82) is 0 Å². The van der Waals surface area contributed by atoms with Crippen LogP contribution < -0.4 is 25.0 Å². The van der Waals surface area contributed by atoms with Crippen LogP contribution in [-0.4, -0.2) is 116 Å². The van der Waals surface area contributed by atoms with Gasteiger partial charge in [-0.25, -0.2) is 15.0 Å². The Morgan fingerprint density at radius 1 is 0.729 bits per heavy atom. The molecule has 18 heteroatoms. The Morgan fingerprint density at radius 2 is 1.27 bits per heavy atom. The van der Waals surface area contributed by atoms with Gasteiger partial charge in [-0.15, -0.1) is 0 Å². The molecule has 3 aromatic heterocycles. The maximum Gasteiger partial charge on any atom is 0.417 e. The number of alkyl halides is 3. The highest BCUT2D eigenvalue weighted by atomic mass is 35.5. The van der Waals surface area contributed by atoms with E-state index in [1.54, 1.807) is 6.07 Å². The first kappa shape index (κ1) is 34.1. The van der Waals surface area contributed by atoms with Crippen molar-refractivity contribution in [3.05, 3.63) is 35.1 Å². The minimum absolute atomic E-state index is 0.0588. The first-order valence-corrected chi connectivity index (χ1v) is 16.0. The van der Waals surface area contributed by atoms with Gasteiger partial charge in [0.1, 0.15) is 23.2 Å². The van der Waals surface area contributed by atoms with Gasteiger partial charge in [0.15, 0.2) is 0 Å². The molecule has 4 saturated heterocycles. The van der Waals surface area contributed by atoms with E-state index in [0.29, 0.717) is 82.7 Å². The quantitative estimate of drug-likeness (QED) is 0.360. The SMILES string of the molecule is Clc1cc(OC2CCOC2)nc(N2CCOCC2)n1.Nc1cc(C(F)(F)F)c(-c2cc(O[C@@H]3CCOC3)nc(N3CCOCC3)n2)cn1. The smallest absolute Gasteiger partial charge is 0.417 e. The highest BCUT2D eigenvalue weighted by Crippen LogP contribution is 2.38. The molecule has 48 heavy (non-hydrogen) atoms. The third-order valence-corrected chi connectivity index (χ3v) is 7.99. The summed E-state index contributed by atoms with van der Waals surface area (Å²) in [6.07, 6.45) is -2.12. The molecule has 7 heterocycles. The Kier molecular flexibility index (Phi) is 11.1. The zero-order chi connectivity index (χ0) is 33.5. The number of morpholine rings is 2. The summed E-state index contributed by atoms with van der Waals surface area (Å²) in [5.41, 5.74) is 4.45. The van der Waals surface area contributed by atoms with Crippen molar-refractivity contribution < 1.29 is 41.6 Å². The van der Waals surface area contributed by atoms with Crippen LogP contribution in [0.3, 0.4) is 0 Å². The van der Waals surface area contributed by atoms with E-state index in [1.165, 1.54) is 6.07 Å². The lowest BCUT2D eigenvalue weighted by molar-refractivity contribution is -0.137. The van der Waals surface area contributed by atoms with Crippen LogP contribution >= 0.6 is 11.6 Å². The molecule has 0 aliphatic carbocycles. The zero-order valence-corrected chi connectivity index (χ0v) is 26.8. The van der Waals surface area contributed by atoms with Gasteiger partial charge in [0.2, 0.25) is 23.7 Å². The lowest BCUT2D eigenvalue weighted by atomic mass is 10.1. The molecule has 2 atom stereocenters. The molecule has 2 N–H and O–H groups in total. The second-order valence-corrected chi connectivity index (χ2v) is 11.7. The molecule has 1 unspecified atom stereocenters. The third kappa shape index (κ3) is 9.02. The van der Waals surface area contributed by atoms with Gasteiger partial charge in [-0.2, -0.15) is 23.1 Å². The topological polar surface area (TPSA) is 152 Å². The van der Waals surface area contributed by atoms with E-state index < -0.39 is 11.7 Å². The molecule has 3 aromatic rings. The van der Waals surface area contributed by atoms with Gasteiger partial charge in [0, 0.05) is 62.9 Å². The number of hydrogen-bond acceptors (Lipinski definition) is 14. The Hall–Kier alpha value is -3.77. The molecule has 0 radical (unpaired) electrons. The van der Waals surface area contributed by atoms with Crippen LogP contribution in [0.5, 0.6) is 11.8 Å². The number of nitrogen functional groups attached to an aromatic ring is 1. The number of halogens is 4. The van der Waals surface area contributed by atoms with Crippen LogP contribution in [0.2, 0.25) is 5.15 Å². The molecule has 14 nitrogen and oxygen atoms in total. The van der Waals surface area contributed by atoms with Crippen molar-refractivity contribution in [3.63, 3.8) is 0 Å². The molecule has 0 bridgehead atoms. The van der Waals surface area contributed by atoms with E-state index in [1.807, 2.05) is 9.80 Å². The van der Waals surface area contributed by atoms with E-state index in [4.69, 9.17) is 45.8 Å². The van der Waals surface area contributed by atoms with Gasteiger partial charge < -0.3 is 44.0 Å². The fraction of sp³-hybridized carbons (Fsp3) is 0.567. The lowest BCUT2D eigenvalue weighted by Gasteiger charge is -2.27. The normalized spacial score (nSPS) is 21.5. The van der Waals surface area contributed by atoms with Crippen LogP contribution in [-0.2, 0) is 25.1 Å². The summed E-state index contributed by atoms with van der Waals surface area (Å²) in [5.74, 6) is 1.37. The third-order valence-electron chi connectivity index (χ3n) is 7.80. The van der Waals surface area contributed by atoms with Gasteiger partial charge in [0.05, 0.1) is 64.1 Å². The van der Waals surface area contributed by atoms with Gasteiger partial charge in [0.25, 0.3) is 0 Å². The molecule has 0 amide bonds. The lowest BCUT2D eigenvalue weighted by Crippen LogP contribution is -2.37. The van der Waals surface area contributed by atoms with Crippen LogP contribution in [0, 0.1) is 0 Å². The van der Waals surface area contributed by atoms with Crippen LogP contribution in [0.15, 0.2) is 24.4 Å². The van der Waals surface area contributed by atoms with Crippen molar-refractivity contribution in [2.45, 2.75) is 31.2 Å². The van der Waals surface area contributed by atoms with Crippen LogP contribution in [0.25, 0.3) is 11.3 Å². The van der Waals surface area contributed by atoms with Crippen LogP contribution in [0.1, 0.15) is 18.4 Å². The van der Waals surface area contributed by atoms with E-state index in [2.05, 4.69) is 24.9 Å². The van der Waals surface area contributed by atoms with E-state index in [9.17, 15) is 13.2 Å². The molecule has 4 fully saturated rings. The Morgan fingerprint density at radius 3 is 1.79 bits per heavy atom. The number of ether oxygens (including phenoxy) is 6. The fourth-order valence-electron chi connectivity index (χ4n) is 5.33. The summed E-state index contributed by atoms with van der Waals surface area (Å²) >= 11 is 6.03. The molecule has 260 valence electrons. The molecule has 4 aliphatic rings. The first-order valence-electron chi connectivity index (χ1n) is 15.6. The Labute approximate surface area is 279 Å². The van der Waals surface area contributed by atoms with E-state index in [-0.39, 0.29) is 41.1 Å². The van der Waals surface area contributed by atoms with Gasteiger partial charge in [-0.05, 0) is 6.07 Å². The van der Waals surface area contributed by atoms with Crippen molar-refractivity contribution >= 4 is 29.3 Å². The standard InChI is InChI=1S/C18H20F3N5O3.C12H16ClN3O3/c19-18(20,21)13-7-15(22)23-9-12(13)14-8-16(29-11-1-4-28-10-11)25-17(24-14)26-2-5-27-6-3-26;13-10-7-11(19-9-1-4-18-8-9)15-12(14-10)16-2-5-17-6-3-16/h7-9,11H,1-6,10H2,(H2,22,23);7,9H,1-6,8H2/t11-;/m1./s1. The molecule has 7 rings (SSSR count). The average molecular weight is 697 g/mol. The average Bonchev–Trinajstić information content (AvgIpc) is 3.80.